The fraction of sp³-hybridized carbons (Fsp3) is 0.182. The van der Waals surface area contributed by atoms with Gasteiger partial charge in [-0.2, -0.15) is 0 Å². The number of nitrogen functional groups attached to an aromatic ring is 1. The van der Waals surface area contributed by atoms with Crippen molar-refractivity contribution in [1.82, 2.24) is 20.3 Å². The van der Waals surface area contributed by atoms with Crippen molar-refractivity contribution < 1.29 is 0 Å². The van der Waals surface area contributed by atoms with Crippen molar-refractivity contribution in [1.29, 1.82) is 0 Å². The molecule has 2 aromatic heterocycles. The Labute approximate surface area is 93.8 Å². The first-order chi connectivity index (χ1) is 7.84. The molecule has 2 rings (SSSR count). The van der Waals surface area contributed by atoms with E-state index in [9.17, 15) is 0 Å². The van der Waals surface area contributed by atoms with Crippen LogP contribution in [-0.4, -0.2) is 15.0 Å². The van der Waals surface area contributed by atoms with E-state index in [2.05, 4.69) is 20.3 Å². The van der Waals surface area contributed by atoms with Crippen LogP contribution in [0, 0.1) is 0 Å². The van der Waals surface area contributed by atoms with Gasteiger partial charge in [0.25, 0.3) is 0 Å². The number of hydrogen-bond donors (Lipinski definition) is 2. The summed E-state index contributed by atoms with van der Waals surface area (Å²) in [5, 5.41) is 3.22. The van der Waals surface area contributed by atoms with Gasteiger partial charge in [0.05, 0.1) is 6.54 Å². The number of anilines is 1. The lowest BCUT2D eigenvalue weighted by Gasteiger charge is -2.03. The lowest BCUT2D eigenvalue weighted by Crippen LogP contribution is -2.15. The van der Waals surface area contributed by atoms with E-state index in [1.165, 1.54) is 0 Å². The number of nitrogens with two attached hydrogens (primary N) is 1. The second-order valence-corrected chi connectivity index (χ2v) is 3.36. The molecule has 0 radical (unpaired) electrons. The molecule has 5 nitrogen and oxygen atoms in total. The average molecular weight is 215 g/mol. The number of pyridine rings is 1. The zero-order valence-electron chi connectivity index (χ0n) is 8.80. The molecule has 2 aromatic rings. The number of rotatable bonds is 4. The first kappa shape index (κ1) is 10.5. The van der Waals surface area contributed by atoms with Gasteiger partial charge < -0.3 is 11.1 Å². The molecule has 0 aromatic carbocycles. The Morgan fingerprint density at radius 2 is 2.12 bits per heavy atom. The molecule has 2 heterocycles. The predicted octanol–water partition coefficient (Wildman–Crippen LogP) is 0.744. The highest BCUT2D eigenvalue weighted by Gasteiger charge is 1.97. The van der Waals surface area contributed by atoms with E-state index in [1.807, 2.05) is 18.3 Å². The van der Waals surface area contributed by atoms with Crippen LogP contribution in [-0.2, 0) is 13.1 Å². The molecule has 0 spiro atoms. The standard InChI is InChI=1S/C11H13N5/c12-10-3-5-15-11(16-10)8-14-7-9-2-1-4-13-6-9/h1-6,14H,7-8H2,(H2,12,15,16). The topological polar surface area (TPSA) is 76.7 Å². The fourth-order valence-electron chi connectivity index (χ4n) is 1.32. The first-order valence-corrected chi connectivity index (χ1v) is 5.01. The van der Waals surface area contributed by atoms with Gasteiger partial charge in [0.2, 0.25) is 0 Å². The normalized spacial score (nSPS) is 10.2. The Hall–Kier alpha value is -2.01. The van der Waals surface area contributed by atoms with E-state index in [0.29, 0.717) is 18.2 Å². The zero-order valence-corrected chi connectivity index (χ0v) is 8.80. The number of hydrogen-bond acceptors (Lipinski definition) is 5. The molecular weight excluding hydrogens is 202 g/mol. The molecule has 16 heavy (non-hydrogen) atoms. The van der Waals surface area contributed by atoms with Gasteiger partial charge in [0.15, 0.2) is 0 Å². The van der Waals surface area contributed by atoms with Gasteiger partial charge in [-0.15, -0.1) is 0 Å². The SMILES string of the molecule is Nc1ccnc(CNCc2cccnc2)n1. The van der Waals surface area contributed by atoms with Crippen LogP contribution in [0.25, 0.3) is 0 Å². The van der Waals surface area contributed by atoms with Gasteiger partial charge in [-0.1, -0.05) is 6.07 Å². The Morgan fingerprint density at radius 3 is 2.88 bits per heavy atom. The summed E-state index contributed by atoms with van der Waals surface area (Å²) in [4.78, 5) is 12.2. The van der Waals surface area contributed by atoms with Crippen LogP contribution in [0.2, 0.25) is 0 Å². The zero-order chi connectivity index (χ0) is 11.2. The third-order valence-corrected chi connectivity index (χ3v) is 2.06. The number of aromatic nitrogens is 3. The molecule has 5 heteroatoms. The van der Waals surface area contributed by atoms with Gasteiger partial charge in [0.1, 0.15) is 11.6 Å². The van der Waals surface area contributed by atoms with Crippen LogP contribution < -0.4 is 11.1 Å². The molecule has 0 saturated carbocycles. The highest BCUT2D eigenvalue weighted by molar-refractivity contribution is 5.24. The van der Waals surface area contributed by atoms with Crippen LogP contribution in [0.1, 0.15) is 11.4 Å². The van der Waals surface area contributed by atoms with E-state index >= 15 is 0 Å². The van der Waals surface area contributed by atoms with Crippen molar-refractivity contribution in [2.45, 2.75) is 13.1 Å². The van der Waals surface area contributed by atoms with Crippen molar-refractivity contribution in [2.24, 2.45) is 0 Å². The molecule has 0 saturated heterocycles. The number of nitrogens with zero attached hydrogens (tertiary/aromatic N) is 3. The van der Waals surface area contributed by atoms with E-state index < -0.39 is 0 Å². The van der Waals surface area contributed by atoms with E-state index in [4.69, 9.17) is 5.73 Å². The maximum Gasteiger partial charge on any atom is 0.144 e. The Morgan fingerprint density at radius 1 is 1.19 bits per heavy atom. The summed E-state index contributed by atoms with van der Waals surface area (Å²) in [5.74, 6) is 1.19. The highest BCUT2D eigenvalue weighted by atomic mass is 15.0. The minimum absolute atomic E-state index is 0.494. The van der Waals surface area contributed by atoms with Crippen molar-refractivity contribution in [3.8, 4) is 0 Å². The summed E-state index contributed by atoms with van der Waals surface area (Å²) < 4.78 is 0. The summed E-state index contributed by atoms with van der Waals surface area (Å²) >= 11 is 0. The maximum atomic E-state index is 5.55. The van der Waals surface area contributed by atoms with Crippen molar-refractivity contribution in [3.63, 3.8) is 0 Å². The van der Waals surface area contributed by atoms with Gasteiger partial charge >= 0.3 is 0 Å². The Balaban J connectivity index is 1.85. The minimum Gasteiger partial charge on any atom is -0.384 e. The van der Waals surface area contributed by atoms with Crippen LogP contribution in [0.3, 0.4) is 0 Å². The average Bonchev–Trinajstić information content (AvgIpc) is 2.30. The maximum absolute atomic E-state index is 5.55. The summed E-state index contributed by atoms with van der Waals surface area (Å²) in [6.07, 6.45) is 5.24. The van der Waals surface area contributed by atoms with Gasteiger partial charge in [-0.3, -0.25) is 4.98 Å². The van der Waals surface area contributed by atoms with Crippen LogP contribution in [0.4, 0.5) is 5.82 Å². The van der Waals surface area contributed by atoms with E-state index in [0.717, 1.165) is 12.1 Å². The van der Waals surface area contributed by atoms with Crippen LogP contribution in [0.15, 0.2) is 36.8 Å². The molecule has 0 fully saturated rings. The molecule has 0 bridgehead atoms. The predicted molar refractivity (Wildman–Crippen MR) is 61.2 cm³/mol. The number of nitrogens with one attached hydrogen (secondary N) is 1. The smallest absolute Gasteiger partial charge is 0.144 e. The molecular formula is C11H13N5. The van der Waals surface area contributed by atoms with Gasteiger partial charge in [0, 0.05) is 25.1 Å². The van der Waals surface area contributed by atoms with Crippen molar-refractivity contribution in [3.05, 3.63) is 48.2 Å². The summed E-state index contributed by atoms with van der Waals surface area (Å²) in [6.45, 7) is 1.34. The Kier molecular flexibility index (Phi) is 3.40. The van der Waals surface area contributed by atoms with Crippen LogP contribution >= 0.6 is 0 Å². The second kappa shape index (κ2) is 5.18. The molecule has 0 amide bonds. The fourth-order valence-corrected chi connectivity index (χ4v) is 1.32. The summed E-state index contributed by atoms with van der Waals surface area (Å²) in [6, 6.07) is 5.60. The molecule has 3 N–H and O–H groups in total. The van der Waals surface area contributed by atoms with E-state index in [1.54, 1.807) is 18.5 Å². The minimum atomic E-state index is 0.494. The van der Waals surface area contributed by atoms with E-state index in [-0.39, 0.29) is 0 Å². The third kappa shape index (κ3) is 2.99. The monoisotopic (exact) mass is 215 g/mol. The highest BCUT2D eigenvalue weighted by Crippen LogP contribution is 1.98. The third-order valence-electron chi connectivity index (χ3n) is 2.06. The van der Waals surface area contributed by atoms with Gasteiger partial charge in [-0.05, 0) is 17.7 Å². The largest absolute Gasteiger partial charge is 0.384 e. The second-order valence-electron chi connectivity index (χ2n) is 3.36. The quantitative estimate of drug-likeness (QED) is 0.786. The lowest BCUT2D eigenvalue weighted by molar-refractivity contribution is 0.662. The summed E-state index contributed by atoms with van der Waals surface area (Å²) in [7, 11) is 0. The molecule has 0 aliphatic carbocycles. The summed E-state index contributed by atoms with van der Waals surface area (Å²) in [5.41, 5.74) is 6.68. The molecule has 82 valence electrons. The Bertz CT molecular complexity index is 443. The molecule has 0 aliphatic rings. The molecule has 0 atom stereocenters. The molecule has 0 unspecified atom stereocenters. The van der Waals surface area contributed by atoms with Crippen molar-refractivity contribution in [2.75, 3.05) is 5.73 Å². The van der Waals surface area contributed by atoms with Crippen LogP contribution in [0.5, 0.6) is 0 Å². The first-order valence-electron chi connectivity index (χ1n) is 5.01. The molecule has 0 aliphatic heterocycles. The van der Waals surface area contributed by atoms with Crippen molar-refractivity contribution >= 4 is 5.82 Å². The lowest BCUT2D eigenvalue weighted by atomic mass is 10.3. The van der Waals surface area contributed by atoms with Gasteiger partial charge in [-0.25, -0.2) is 9.97 Å².